The fourth-order valence-corrected chi connectivity index (χ4v) is 4.99. The molecule has 0 radical (unpaired) electrons. The summed E-state index contributed by atoms with van der Waals surface area (Å²) < 4.78 is 15.4. The Balaban J connectivity index is 0.000000421. The first-order chi connectivity index (χ1) is 21.0. The first-order valence-corrected chi connectivity index (χ1v) is 16.8. The molecule has 246 valence electrons. The number of hydrogen-bond donors (Lipinski definition) is 1. The van der Waals surface area contributed by atoms with Gasteiger partial charge in [-0.15, -0.1) is 0 Å². The molecule has 3 aromatic rings. The molecule has 0 bridgehead atoms. The molecule has 0 aliphatic heterocycles. The van der Waals surface area contributed by atoms with E-state index in [0.717, 1.165) is 39.3 Å². The van der Waals surface area contributed by atoms with Crippen LogP contribution in [0.4, 0.5) is 4.39 Å². The molecule has 1 atom stereocenters. The van der Waals surface area contributed by atoms with E-state index in [1.54, 1.807) is 16.9 Å². The Kier molecular flexibility index (Phi) is 19.2. The highest BCUT2D eigenvalue weighted by Gasteiger charge is 2.16. The van der Waals surface area contributed by atoms with Crippen molar-refractivity contribution in [3.63, 3.8) is 0 Å². The summed E-state index contributed by atoms with van der Waals surface area (Å²) in [6.07, 6.45) is 21.7. The number of nitrogens with zero attached hydrogens (tertiary/aromatic N) is 4. The molecule has 2 aromatic heterocycles. The molecule has 0 spiro atoms. The Bertz CT molecular complexity index is 1290. The Morgan fingerprint density at radius 3 is 2.23 bits per heavy atom. The lowest BCUT2D eigenvalue weighted by Gasteiger charge is -2.13. The van der Waals surface area contributed by atoms with E-state index in [1.807, 2.05) is 46.0 Å². The quantitative estimate of drug-likeness (QED) is 0.146. The maximum Gasteiger partial charge on any atom is 0.165 e. The average molecular weight is 609 g/mol. The van der Waals surface area contributed by atoms with E-state index < -0.39 is 5.82 Å². The summed E-state index contributed by atoms with van der Waals surface area (Å²) in [5.41, 5.74) is 5.98. The molecular formula is C38H61FN4O. The van der Waals surface area contributed by atoms with Crippen molar-refractivity contribution in [2.24, 2.45) is 5.92 Å². The number of benzene rings is 1. The van der Waals surface area contributed by atoms with Gasteiger partial charge in [0.1, 0.15) is 0 Å². The number of rotatable bonds is 14. The molecule has 1 unspecified atom stereocenters. The van der Waals surface area contributed by atoms with Crippen LogP contribution in [0.2, 0.25) is 0 Å². The van der Waals surface area contributed by atoms with Crippen molar-refractivity contribution >= 4 is 11.2 Å². The van der Waals surface area contributed by atoms with Crippen LogP contribution in [-0.2, 0) is 0 Å². The SMILES string of the molecule is CC(C)=C/C=C(\c1cc(O)c(F)cc1C)c1cnn2cc(C)cnc12.CCCCCC(C)CCC.CCCCN(C)CCC. The van der Waals surface area contributed by atoms with Gasteiger partial charge in [0.2, 0.25) is 0 Å². The number of hydrogen-bond acceptors (Lipinski definition) is 4. The molecule has 1 N–H and O–H groups in total. The highest BCUT2D eigenvalue weighted by molar-refractivity contribution is 5.88. The van der Waals surface area contributed by atoms with Gasteiger partial charge < -0.3 is 10.0 Å². The van der Waals surface area contributed by atoms with E-state index in [9.17, 15) is 9.50 Å². The third-order valence-electron chi connectivity index (χ3n) is 7.52. The number of phenols is 1. The van der Waals surface area contributed by atoms with E-state index >= 15 is 0 Å². The molecule has 3 rings (SSSR count). The second-order valence-electron chi connectivity index (χ2n) is 12.4. The van der Waals surface area contributed by atoms with Crippen molar-refractivity contribution in [3.05, 3.63) is 76.5 Å². The summed E-state index contributed by atoms with van der Waals surface area (Å²) in [6.45, 7) is 21.7. The summed E-state index contributed by atoms with van der Waals surface area (Å²) in [7, 11) is 2.19. The predicted octanol–water partition coefficient (Wildman–Crippen LogP) is 10.7. The average Bonchev–Trinajstić information content (AvgIpc) is 3.38. The van der Waals surface area contributed by atoms with Gasteiger partial charge in [-0.3, -0.25) is 0 Å². The highest BCUT2D eigenvalue weighted by atomic mass is 19.1. The molecule has 0 amide bonds. The van der Waals surface area contributed by atoms with Crippen molar-refractivity contribution in [1.82, 2.24) is 19.5 Å². The number of aryl methyl sites for hydroxylation is 2. The van der Waals surface area contributed by atoms with E-state index in [1.165, 1.54) is 83.0 Å². The van der Waals surface area contributed by atoms with Crippen LogP contribution in [0, 0.1) is 25.6 Å². The molecule has 1 aromatic carbocycles. The van der Waals surface area contributed by atoms with Gasteiger partial charge in [-0.25, -0.2) is 13.9 Å². The van der Waals surface area contributed by atoms with Crippen LogP contribution in [-0.4, -0.2) is 44.7 Å². The summed E-state index contributed by atoms with van der Waals surface area (Å²) >= 11 is 0. The van der Waals surface area contributed by atoms with Gasteiger partial charge in [0.15, 0.2) is 17.2 Å². The topological polar surface area (TPSA) is 53.7 Å². The molecule has 44 heavy (non-hydrogen) atoms. The number of aromatic nitrogens is 3. The minimum absolute atomic E-state index is 0.371. The fraction of sp³-hybridized carbons (Fsp3) is 0.579. The van der Waals surface area contributed by atoms with E-state index in [4.69, 9.17) is 0 Å². The number of fused-ring (bicyclic) bond motifs is 1. The minimum atomic E-state index is -0.628. The summed E-state index contributed by atoms with van der Waals surface area (Å²) in [5.74, 6) is -0.0306. The summed E-state index contributed by atoms with van der Waals surface area (Å²) in [5, 5.41) is 14.2. The highest BCUT2D eigenvalue weighted by Crippen LogP contribution is 2.32. The fourth-order valence-electron chi connectivity index (χ4n) is 4.99. The van der Waals surface area contributed by atoms with E-state index in [2.05, 4.69) is 56.6 Å². The number of allylic oxidation sites excluding steroid dienone is 3. The molecule has 0 fully saturated rings. The number of unbranched alkanes of at least 4 members (excludes halogenated alkanes) is 3. The van der Waals surface area contributed by atoms with Gasteiger partial charge in [-0.1, -0.05) is 97.3 Å². The molecule has 0 saturated heterocycles. The Hall–Kier alpha value is -2.99. The Labute approximate surface area is 268 Å². The molecule has 0 saturated carbocycles. The smallest absolute Gasteiger partial charge is 0.165 e. The molecule has 0 aliphatic rings. The van der Waals surface area contributed by atoms with Gasteiger partial charge in [0, 0.05) is 18.0 Å². The van der Waals surface area contributed by atoms with Crippen molar-refractivity contribution in [2.75, 3.05) is 20.1 Å². The normalized spacial score (nSPS) is 12.0. The first-order valence-electron chi connectivity index (χ1n) is 16.8. The largest absolute Gasteiger partial charge is 0.505 e. The zero-order chi connectivity index (χ0) is 33.1. The van der Waals surface area contributed by atoms with Crippen LogP contribution < -0.4 is 0 Å². The van der Waals surface area contributed by atoms with Crippen molar-refractivity contribution in [3.8, 4) is 5.75 Å². The standard InChI is InChI=1S/C20H20FN3O.C10H22.C8H19N/c1-12(2)5-6-15(16-8-19(25)18(21)7-14(16)4)17-10-23-24-11-13(3)9-22-20(17)24;1-4-6-7-9-10(3)8-5-2;1-4-6-8-9(3)7-5-2/h5-11,25H,1-4H3;10H,4-9H2,1-3H3;4-8H2,1-3H3/b15-6+;;. The molecule has 5 nitrogen and oxygen atoms in total. The van der Waals surface area contributed by atoms with Gasteiger partial charge in [0.05, 0.1) is 6.20 Å². The Morgan fingerprint density at radius 1 is 0.909 bits per heavy atom. The van der Waals surface area contributed by atoms with Crippen molar-refractivity contribution in [1.29, 1.82) is 0 Å². The number of halogens is 1. The lowest BCUT2D eigenvalue weighted by Crippen LogP contribution is -2.19. The maximum absolute atomic E-state index is 13.7. The van der Waals surface area contributed by atoms with Crippen molar-refractivity contribution < 1.29 is 9.50 Å². The summed E-state index contributed by atoms with van der Waals surface area (Å²) in [6, 6.07) is 2.79. The zero-order valence-corrected chi connectivity index (χ0v) is 29.5. The van der Waals surface area contributed by atoms with Gasteiger partial charge in [-0.2, -0.15) is 5.10 Å². The van der Waals surface area contributed by atoms with Crippen LogP contribution in [0.5, 0.6) is 5.75 Å². The third-order valence-corrected chi connectivity index (χ3v) is 7.52. The van der Waals surface area contributed by atoms with Crippen LogP contribution in [0.15, 0.2) is 48.4 Å². The van der Waals surface area contributed by atoms with E-state index in [0.29, 0.717) is 5.65 Å². The van der Waals surface area contributed by atoms with Gasteiger partial charge in [0.25, 0.3) is 0 Å². The van der Waals surface area contributed by atoms with Crippen LogP contribution in [0.25, 0.3) is 11.2 Å². The van der Waals surface area contributed by atoms with Crippen LogP contribution in [0.3, 0.4) is 0 Å². The lowest BCUT2D eigenvalue weighted by molar-refractivity contribution is 0.329. The first kappa shape index (κ1) is 39.0. The van der Waals surface area contributed by atoms with Crippen LogP contribution >= 0.6 is 0 Å². The second kappa shape index (κ2) is 21.7. The number of aromatic hydroxyl groups is 1. The minimum Gasteiger partial charge on any atom is -0.505 e. The summed E-state index contributed by atoms with van der Waals surface area (Å²) in [4.78, 5) is 6.88. The van der Waals surface area contributed by atoms with Gasteiger partial charge in [-0.05, 0) is 101 Å². The molecule has 2 heterocycles. The van der Waals surface area contributed by atoms with Gasteiger partial charge >= 0.3 is 0 Å². The Morgan fingerprint density at radius 2 is 1.61 bits per heavy atom. The maximum atomic E-state index is 13.7. The van der Waals surface area contributed by atoms with E-state index in [-0.39, 0.29) is 5.75 Å². The zero-order valence-electron chi connectivity index (χ0n) is 29.5. The second-order valence-corrected chi connectivity index (χ2v) is 12.4. The molecular weight excluding hydrogens is 547 g/mol. The predicted molar refractivity (Wildman–Crippen MR) is 188 cm³/mol. The molecule has 6 heteroatoms. The van der Waals surface area contributed by atoms with Crippen LogP contribution in [0.1, 0.15) is 129 Å². The monoisotopic (exact) mass is 608 g/mol. The lowest BCUT2D eigenvalue weighted by atomic mass is 9.94. The third kappa shape index (κ3) is 14.2. The number of phenolic OH excluding ortho intramolecular Hbond substituents is 1. The van der Waals surface area contributed by atoms with Crippen molar-refractivity contribution in [2.45, 2.75) is 120 Å². The molecule has 0 aliphatic carbocycles.